The van der Waals surface area contributed by atoms with Gasteiger partial charge in [0.05, 0.1) is 0 Å². The lowest BCUT2D eigenvalue weighted by Crippen LogP contribution is -2.02. The highest BCUT2D eigenvalue weighted by Gasteiger charge is 2.17. The molecule has 1 aromatic heterocycles. The van der Waals surface area contributed by atoms with Crippen molar-refractivity contribution in [2.45, 2.75) is 46.1 Å². The van der Waals surface area contributed by atoms with E-state index in [1.165, 1.54) is 35.6 Å². The van der Waals surface area contributed by atoms with Crippen LogP contribution in [0.25, 0.3) is 22.2 Å². The van der Waals surface area contributed by atoms with E-state index in [0.717, 1.165) is 24.4 Å². The highest BCUT2D eigenvalue weighted by molar-refractivity contribution is 8.93. The molecule has 0 spiro atoms. The number of fused-ring (bicyclic) bond motifs is 1. The Kier molecular flexibility index (Phi) is 7.36. The van der Waals surface area contributed by atoms with Crippen molar-refractivity contribution in [3.8, 4) is 11.4 Å². The molecule has 2 nitrogen and oxygen atoms in total. The van der Waals surface area contributed by atoms with Crippen LogP contribution in [0.1, 0.15) is 38.2 Å². The van der Waals surface area contributed by atoms with Gasteiger partial charge in [0.1, 0.15) is 11.0 Å². The molecule has 0 amide bonds. The molecule has 2 aromatic carbocycles. The molecule has 0 aliphatic carbocycles. The fourth-order valence-corrected chi connectivity index (χ4v) is 3.54. The van der Waals surface area contributed by atoms with Crippen LogP contribution in [0.5, 0.6) is 0 Å². The van der Waals surface area contributed by atoms with E-state index >= 15 is 0 Å². The second-order valence-electron chi connectivity index (χ2n) is 6.26. The molecule has 0 aliphatic rings. The van der Waals surface area contributed by atoms with Gasteiger partial charge in [-0.15, -0.1) is 17.0 Å². The summed E-state index contributed by atoms with van der Waals surface area (Å²) in [7, 11) is 0. The predicted octanol–water partition coefficient (Wildman–Crippen LogP) is 7.48. The van der Waals surface area contributed by atoms with Crippen LogP contribution in [-0.4, -0.2) is 9.55 Å². The zero-order valence-electron chi connectivity index (χ0n) is 14.6. The topological polar surface area (TPSA) is 17.8 Å². The molecule has 0 N–H and O–H groups in total. The average Bonchev–Trinajstić information content (AvgIpc) is 2.86. The van der Waals surface area contributed by atoms with E-state index in [1.54, 1.807) is 0 Å². The SMILES string of the molecule is Br.CCCCCCn1c(-c2cc(C)cc3ccccc23)nc(Cl)c1Cl. The Labute approximate surface area is 169 Å². The van der Waals surface area contributed by atoms with Gasteiger partial charge in [0, 0.05) is 12.1 Å². The lowest BCUT2D eigenvalue weighted by molar-refractivity contribution is 0.586. The van der Waals surface area contributed by atoms with E-state index in [4.69, 9.17) is 23.2 Å². The van der Waals surface area contributed by atoms with Crippen LogP contribution in [0.4, 0.5) is 0 Å². The lowest BCUT2D eigenvalue weighted by atomic mass is 10.0. The number of unbranched alkanes of at least 4 members (excludes halogenated alkanes) is 3. The van der Waals surface area contributed by atoms with Crippen molar-refractivity contribution >= 4 is 51.0 Å². The van der Waals surface area contributed by atoms with Crippen LogP contribution in [0, 0.1) is 6.92 Å². The summed E-state index contributed by atoms with van der Waals surface area (Å²) in [6, 6.07) is 12.7. The first kappa shape index (κ1) is 20.3. The fourth-order valence-electron chi connectivity index (χ4n) is 3.16. The molecule has 0 fully saturated rings. The number of hydrogen-bond donors (Lipinski definition) is 0. The van der Waals surface area contributed by atoms with Crippen LogP contribution in [-0.2, 0) is 6.54 Å². The standard InChI is InChI=1S/C20H22Cl2N2.BrH/c1-3-4-5-8-11-24-19(22)18(21)23-20(24)17-13-14(2)12-15-9-6-7-10-16(15)17;/h6-7,9-10,12-13H,3-5,8,11H2,1-2H3;1H. The maximum Gasteiger partial charge on any atom is 0.166 e. The minimum Gasteiger partial charge on any atom is -0.314 e. The van der Waals surface area contributed by atoms with Crippen molar-refractivity contribution in [1.82, 2.24) is 9.55 Å². The van der Waals surface area contributed by atoms with Gasteiger partial charge in [-0.1, -0.05) is 79.7 Å². The summed E-state index contributed by atoms with van der Waals surface area (Å²) in [4.78, 5) is 4.57. The van der Waals surface area contributed by atoms with Gasteiger partial charge in [-0.25, -0.2) is 4.98 Å². The molecule has 0 atom stereocenters. The summed E-state index contributed by atoms with van der Waals surface area (Å²) in [6.07, 6.45) is 4.73. The first-order valence-electron chi connectivity index (χ1n) is 8.53. The zero-order valence-corrected chi connectivity index (χ0v) is 17.8. The van der Waals surface area contributed by atoms with E-state index in [0.29, 0.717) is 10.3 Å². The van der Waals surface area contributed by atoms with Crippen LogP contribution in [0.3, 0.4) is 0 Å². The highest BCUT2D eigenvalue weighted by atomic mass is 79.9. The van der Waals surface area contributed by atoms with Crippen molar-refractivity contribution in [1.29, 1.82) is 0 Å². The van der Waals surface area contributed by atoms with E-state index in [2.05, 4.69) is 59.8 Å². The first-order valence-corrected chi connectivity index (χ1v) is 9.28. The third-order valence-electron chi connectivity index (χ3n) is 4.35. The van der Waals surface area contributed by atoms with Crippen molar-refractivity contribution in [2.75, 3.05) is 0 Å². The molecule has 0 saturated heterocycles. The largest absolute Gasteiger partial charge is 0.314 e. The van der Waals surface area contributed by atoms with Gasteiger partial charge < -0.3 is 4.57 Å². The molecule has 5 heteroatoms. The van der Waals surface area contributed by atoms with E-state index in [9.17, 15) is 0 Å². The normalized spacial score (nSPS) is 10.9. The van der Waals surface area contributed by atoms with Gasteiger partial charge in [-0.2, -0.15) is 0 Å². The van der Waals surface area contributed by atoms with Gasteiger partial charge in [0.15, 0.2) is 5.15 Å². The quantitative estimate of drug-likeness (QED) is 0.362. The molecule has 134 valence electrons. The van der Waals surface area contributed by atoms with Crippen molar-refractivity contribution in [3.63, 3.8) is 0 Å². The number of aromatic nitrogens is 2. The second-order valence-corrected chi connectivity index (χ2v) is 6.98. The van der Waals surface area contributed by atoms with E-state index < -0.39 is 0 Å². The molecule has 25 heavy (non-hydrogen) atoms. The Morgan fingerprint density at radius 3 is 2.56 bits per heavy atom. The molecule has 0 aliphatic heterocycles. The third-order valence-corrected chi connectivity index (χ3v) is 5.09. The van der Waals surface area contributed by atoms with Crippen LogP contribution < -0.4 is 0 Å². The molecule has 1 heterocycles. The van der Waals surface area contributed by atoms with Crippen LogP contribution >= 0.6 is 40.2 Å². The maximum atomic E-state index is 6.44. The average molecular weight is 442 g/mol. The number of imidazole rings is 1. The van der Waals surface area contributed by atoms with E-state index in [1.807, 2.05) is 0 Å². The number of rotatable bonds is 6. The van der Waals surface area contributed by atoms with E-state index in [-0.39, 0.29) is 17.0 Å². The van der Waals surface area contributed by atoms with Crippen molar-refractivity contribution in [2.24, 2.45) is 0 Å². The molecule has 3 aromatic rings. The van der Waals surface area contributed by atoms with Crippen LogP contribution in [0.2, 0.25) is 10.3 Å². The first-order chi connectivity index (χ1) is 11.6. The highest BCUT2D eigenvalue weighted by Crippen LogP contribution is 2.34. The van der Waals surface area contributed by atoms with Crippen LogP contribution in [0.15, 0.2) is 36.4 Å². The summed E-state index contributed by atoms with van der Waals surface area (Å²) in [5, 5.41) is 3.30. The number of nitrogens with zero attached hydrogens (tertiary/aromatic N) is 2. The Hall–Kier alpha value is -1.03. The molecule has 3 rings (SSSR count). The minimum absolute atomic E-state index is 0. The molecule has 0 radical (unpaired) electrons. The number of benzene rings is 2. The number of hydrogen-bond acceptors (Lipinski definition) is 1. The minimum atomic E-state index is 0. The molecular weight excluding hydrogens is 419 g/mol. The monoisotopic (exact) mass is 440 g/mol. The summed E-state index contributed by atoms with van der Waals surface area (Å²) < 4.78 is 2.06. The lowest BCUT2D eigenvalue weighted by Gasteiger charge is -2.12. The Morgan fingerprint density at radius 1 is 1.04 bits per heavy atom. The van der Waals surface area contributed by atoms with Gasteiger partial charge in [-0.3, -0.25) is 0 Å². The second kappa shape index (κ2) is 9.07. The summed E-state index contributed by atoms with van der Waals surface area (Å²) in [5.41, 5.74) is 2.30. The van der Waals surface area contributed by atoms with Gasteiger partial charge >= 0.3 is 0 Å². The predicted molar refractivity (Wildman–Crippen MR) is 114 cm³/mol. The summed E-state index contributed by atoms with van der Waals surface area (Å²) >= 11 is 12.7. The number of halogens is 3. The Balaban J connectivity index is 0.00000225. The summed E-state index contributed by atoms with van der Waals surface area (Å²) in [5.74, 6) is 0.862. The molecule has 0 saturated carbocycles. The summed E-state index contributed by atoms with van der Waals surface area (Å²) in [6.45, 7) is 5.16. The maximum absolute atomic E-state index is 6.44. The molecule has 0 bridgehead atoms. The smallest absolute Gasteiger partial charge is 0.166 e. The van der Waals surface area contributed by atoms with Crippen molar-refractivity contribution in [3.05, 3.63) is 52.3 Å². The Morgan fingerprint density at radius 2 is 1.80 bits per heavy atom. The number of aryl methyl sites for hydroxylation is 1. The Bertz CT molecular complexity index is 858. The molecular formula is C20H23BrCl2N2. The zero-order chi connectivity index (χ0) is 17.1. The van der Waals surface area contributed by atoms with Crippen molar-refractivity contribution < 1.29 is 0 Å². The fraction of sp³-hybridized carbons (Fsp3) is 0.350. The molecule has 0 unspecified atom stereocenters. The third kappa shape index (κ3) is 4.39. The van der Waals surface area contributed by atoms with Gasteiger partial charge in [-0.05, 0) is 35.7 Å². The van der Waals surface area contributed by atoms with Gasteiger partial charge in [0.25, 0.3) is 0 Å². The van der Waals surface area contributed by atoms with Gasteiger partial charge in [0.2, 0.25) is 0 Å².